The quantitative estimate of drug-likeness (QED) is 0.390. The summed E-state index contributed by atoms with van der Waals surface area (Å²) < 4.78 is 4.79. The fourth-order valence-electron chi connectivity index (χ4n) is 0.998. The Bertz CT molecular complexity index is 237. The number of likely N-dealkylation sites (N-methyl/N-ethyl adjacent to an activating group) is 1. The van der Waals surface area contributed by atoms with Crippen LogP contribution in [0.25, 0.3) is 0 Å². The topological polar surface area (TPSA) is 41.6 Å². The number of carbonyl (C=O) groups is 1. The molecule has 4 nitrogen and oxygen atoms in total. The second-order valence-corrected chi connectivity index (χ2v) is 3.29. The van der Waals surface area contributed by atoms with Crippen LogP contribution in [0.2, 0.25) is 0 Å². The van der Waals surface area contributed by atoms with Crippen molar-refractivity contribution in [1.29, 1.82) is 0 Å². The standard InChI is InChI=1S/C11H20N2O2/c1-10(6-9-15-4)13(3)8-5-7-12-11(2)14/h6,9H,1,5,7-8H2,2-4H3,(H,12,14)/b9-6+. The van der Waals surface area contributed by atoms with E-state index >= 15 is 0 Å². The first-order chi connectivity index (χ1) is 7.07. The molecule has 0 fully saturated rings. The Labute approximate surface area is 91.6 Å². The number of nitrogens with one attached hydrogen (secondary N) is 1. The summed E-state index contributed by atoms with van der Waals surface area (Å²) in [5.74, 6) is 0.00996. The van der Waals surface area contributed by atoms with Crippen molar-refractivity contribution in [1.82, 2.24) is 10.2 Å². The highest BCUT2D eigenvalue weighted by Gasteiger charge is 1.98. The van der Waals surface area contributed by atoms with Crippen molar-refractivity contribution in [3.8, 4) is 0 Å². The van der Waals surface area contributed by atoms with Crippen molar-refractivity contribution in [3.05, 3.63) is 24.6 Å². The zero-order valence-corrected chi connectivity index (χ0v) is 9.75. The number of rotatable bonds is 7. The van der Waals surface area contributed by atoms with Gasteiger partial charge in [0.25, 0.3) is 0 Å². The fourth-order valence-corrected chi connectivity index (χ4v) is 0.998. The zero-order chi connectivity index (χ0) is 11.7. The molecule has 1 N–H and O–H groups in total. The molecule has 0 atom stereocenters. The molecule has 0 heterocycles. The normalized spacial score (nSPS) is 10.1. The third-order valence-electron chi connectivity index (χ3n) is 1.93. The first-order valence-corrected chi connectivity index (χ1v) is 4.91. The van der Waals surface area contributed by atoms with Gasteiger partial charge in [-0.3, -0.25) is 4.79 Å². The van der Waals surface area contributed by atoms with Crippen molar-refractivity contribution in [2.75, 3.05) is 27.2 Å². The average molecular weight is 212 g/mol. The summed E-state index contributed by atoms with van der Waals surface area (Å²) in [6.07, 6.45) is 4.29. The predicted molar refractivity (Wildman–Crippen MR) is 61.2 cm³/mol. The third-order valence-corrected chi connectivity index (χ3v) is 1.93. The molecule has 0 aliphatic carbocycles. The highest BCUT2D eigenvalue weighted by Crippen LogP contribution is 2.00. The van der Waals surface area contributed by atoms with E-state index in [-0.39, 0.29) is 5.91 Å². The Morgan fingerprint density at radius 1 is 1.60 bits per heavy atom. The molecule has 0 unspecified atom stereocenters. The van der Waals surface area contributed by atoms with Crippen LogP contribution >= 0.6 is 0 Å². The van der Waals surface area contributed by atoms with Gasteiger partial charge in [0, 0.05) is 32.8 Å². The Kier molecular flexibility index (Phi) is 7.14. The SMILES string of the molecule is C=C(/C=C/OC)N(C)CCCNC(C)=O. The summed E-state index contributed by atoms with van der Waals surface area (Å²) in [7, 11) is 3.55. The van der Waals surface area contributed by atoms with Gasteiger partial charge in [0.1, 0.15) is 0 Å². The van der Waals surface area contributed by atoms with Gasteiger partial charge in [0.15, 0.2) is 0 Å². The molecule has 0 saturated carbocycles. The second-order valence-electron chi connectivity index (χ2n) is 3.29. The number of ether oxygens (including phenoxy) is 1. The third kappa shape index (κ3) is 7.61. The lowest BCUT2D eigenvalue weighted by Gasteiger charge is -2.18. The van der Waals surface area contributed by atoms with Gasteiger partial charge in [0.2, 0.25) is 5.91 Å². The van der Waals surface area contributed by atoms with Gasteiger partial charge in [-0.2, -0.15) is 0 Å². The smallest absolute Gasteiger partial charge is 0.216 e. The average Bonchev–Trinajstić information content (AvgIpc) is 2.20. The molecule has 86 valence electrons. The minimum Gasteiger partial charge on any atom is -0.504 e. The first-order valence-electron chi connectivity index (χ1n) is 4.91. The molecule has 4 heteroatoms. The lowest BCUT2D eigenvalue weighted by Crippen LogP contribution is -2.25. The van der Waals surface area contributed by atoms with Gasteiger partial charge in [-0.1, -0.05) is 6.58 Å². The molecule has 0 aliphatic rings. The molecule has 0 aromatic heterocycles. The molecule has 1 amide bonds. The maximum absolute atomic E-state index is 10.6. The number of amides is 1. The molecular formula is C11H20N2O2. The summed E-state index contributed by atoms with van der Waals surface area (Å²) in [5.41, 5.74) is 0.889. The molecule has 0 rings (SSSR count). The Balaban J connectivity index is 3.64. The first kappa shape index (κ1) is 13.5. The minimum absolute atomic E-state index is 0.00996. The number of allylic oxidation sites excluding steroid dienone is 1. The van der Waals surface area contributed by atoms with Crippen molar-refractivity contribution in [2.45, 2.75) is 13.3 Å². The molecule has 0 radical (unpaired) electrons. The molecule has 0 spiro atoms. The molecule has 15 heavy (non-hydrogen) atoms. The summed E-state index contributed by atoms with van der Waals surface area (Å²) in [4.78, 5) is 12.6. The van der Waals surface area contributed by atoms with Gasteiger partial charge in [-0.15, -0.1) is 0 Å². The predicted octanol–water partition coefficient (Wildman–Crippen LogP) is 1.12. The van der Waals surface area contributed by atoms with Gasteiger partial charge >= 0.3 is 0 Å². The summed E-state index contributed by atoms with van der Waals surface area (Å²) in [6.45, 7) is 6.95. The van der Waals surface area contributed by atoms with Crippen LogP contribution < -0.4 is 5.32 Å². The molecule has 0 saturated heterocycles. The van der Waals surface area contributed by atoms with Crippen LogP contribution in [0.3, 0.4) is 0 Å². The number of hydrogen-bond donors (Lipinski definition) is 1. The number of methoxy groups -OCH3 is 1. The van der Waals surface area contributed by atoms with Gasteiger partial charge in [0.05, 0.1) is 13.4 Å². The minimum atomic E-state index is 0.00996. The van der Waals surface area contributed by atoms with Crippen LogP contribution in [0.15, 0.2) is 24.6 Å². The number of carbonyl (C=O) groups excluding carboxylic acids is 1. The Morgan fingerprint density at radius 3 is 2.80 bits per heavy atom. The van der Waals surface area contributed by atoms with E-state index < -0.39 is 0 Å². The van der Waals surface area contributed by atoms with Crippen LogP contribution in [0.4, 0.5) is 0 Å². The maximum Gasteiger partial charge on any atom is 0.216 e. The van der Waals surface area contributed by atoms with Crippen molar-refractivity contribution in [3.63, 3.8) is 0 Å². The van der Waals surface area contributed by atoms with Crippen LogP contribution in [-0.4, -0.2) is 38.1 Å². The number of hydrogen-bond acceptors (Lipinski definition) is 3. The zero-order valence-electron chi connectivity index (χ0n) is 9.75. The van der Waals surface area contributed by atoms with E-state index in [0.29, 0.717) is 6.54 Å². The highest BCUT2D eigenvalue weighted by molar-refractivity contribution is 5.72. The monoisotopic (exact) mass is 212 g/mol. The van der Waals surface area contributed by atoms with Crippen LogP contribution in [0, 0.1) is 0 Å². The van der Waals surface area contributed by atoms with Gasteiger partial charge in [-0.05, 0) is 12.5 Å². The Morgan fingerprint density at radius 2 is 2.27 bits per heavy atom. The molecular weight excluding hydrogens is 192 g/mol. The van der Waals surface area contributed by atoms with Crippen molar-refractivity contribution >= 4 is 5.91 Å². The largest absolute Gasteiger partial charge is 0.504 e. The van der Waals surface area contributed by atoms with Crippen LogP contribution in [0.5, 0.6) is 0 Å². The van der Waals surface area contributed by atoms with E-state index in [1.165, 1.54) is 6.92 Å². The van der Waals surface area contributed by atoms with E-state index in [1.54, 1.807) is 19.4 Å². The lowest BCUT2D eigenvalue weighted by molar-refractivity contribution is -0.118. The van der Waals surface area contributed by atoms with E-state index in [4.69, 9.17) is 4.74 Å². The molecule has 0 aliphatic heterocycles. The van der Waals surface area contributed by atoms with Gasteiger partial charge < -0.3 is 15.0 Å². The van der Waals surface area contributed by atoms with E-state index in [0.717, 1.165) is 18.7 Å². The maximum atomic E-state index is 10.6. The molecule has 0 bridgehead atoms. The van der Waals surface area contributed by atoms with Crippen molar-refractivity contribution in [2.24, 2.45) is 0 Å². The van der Waals surface area contributed by atoms with Crippen LogP contribution in [0.1, 0.15) is 13.3 Å². The Hall–Kier alpha value is -1.45. The second kappa shape index (κ2) is 7.91. The van der Waals surface area contributed by atoms with Gasteiger partial charge in [-0.25, -0.2) is 0 Å². The lowest BCUT2D eigenvalue weighted by atomic mass is 10.3. The molecule has 0 aromatic carbocycles. The van der Waals surface area contributed by atoms with E-state index in [2.05, 4.69) is 11.9 Å². The fraction of sp³-hybridized carbons (Fsp3) is 0.545. The van der Waals surface area contributed by atoms with E-state index in [9.17, 15) is 4.79 Å². The summed E-state index contributed by atoms with van der Waals surface area (Å²) >= 11 is 0. The van der Waals surface area contributed by atoms with Crippen LogP contribution in [-0.2, 0) is 9.53 Å². The summed E-state index contributed by atoms with van der Waals surface area (Å²) in [5, 5.41) is 2.75. The highest BCUT2D eigenvalue weighted by atomic mass is 16.5. The summed E-state index contributed by atoms with van der Waals surface area (Å²) in [6, 6.07) is 0. The van der Waals surface area contributed by atoms with Crippen molar-refractivity contribution < 1.29 is 9.53 Å². The number of nitrogens with zero attached hydrogens (tertiary/aromatic N) is 1. The molecule has 0 aromatic rings. The van der Waals surface area contributed by atoms with E-state index in [1.807, 2.05) is 11.9 Å².